The molecule has 0 aromatic carbocycles. The highest BCUT2D eigenvalue weighted by molar-refractivity contribution is 5.58. The molecule has 0 spiro atoms. The van der Waals surface area contributed by atoms with E-state index in [0.717, 1.165) is 11.2 Å². The number of pyridine rings is 2. The number of aromatic nitrogens is 4. The Labute approximate surface area is 91.6 Å². The molecule has 5 heteroatoms. The Balaban J connectivity index is 2.23. The maximum absolute atomic E-state index is 5.80. The molecule has 0 aliphatic heterocycles. The predicted octanol–water partition coefficient (Wildman–Crippen LogP) is 1.37. The van der Waals surface area contributed by atoms with Crippen molar-refractivity contribution in [1.82, 2.24) is 19.6 Å². The van der Waals surface area contributed by atoms with Gasteiger partial charge in [-0.1, -0.05) is 6.07 Å². The van der Waals surface area contributed by atoms with Gasteiger partial charge in [0.1, 0.15) is 5.82 Å². The van der Waals surface area contributed by atoms with E-state index in [2.05, 4.69) is 15.1 Å². The second kappa shape index (κ2) is 3.30. The highest BCUT2D eigenvalue weighted by atomic mass is 15.3. The van der Waals surface area contributed by atoms with Crippen LogP contribution in [-0.4, -0.2) is 19.6 Å². The molecule has 0 unspecified atom stereocenters. The van der Waals surface area contributed by atoms with Gasteiger partial charge in [0.2, 0.25) is 0 Å². The third-order valence-electron chi connectivity index (χ3n) is 2.33. The predicted molar refractivity (Wildman–Crippen MR) is 60.6 cm³/mol. The van der Waals surface area contributed by atoms with Gasteiger partial charge in [0.25, 0.3) is 0 Å². The molecule has 3 aromatic rings. The molecule has 0 aliphatic rings. The minimum atomic E-state index is 0.574. The number of nitrogens with zero attached hydrogens (tertiary/aromatic N) is 4. The Bertz CT molecular complexity index is 629. The SMILES string of the molecule is Nc1cccc2nc(-c3ccncc3)nn12. The summed E-state index contributed by atoms with van der Waals surface area (Å²) in [5.41, 5.74) is 7.47. The van der Waals surface area contributed by atoms with Gasteiger partial charge in [0, 0.05) is 18.0 Å². The van der Waals surface area contributed by atoms with Crippen molar-refractivity contribution in [3.8, 4) is 11.4 Å². The first kappa shape index (κ1) is 8.84. The summed E-state index contributed by atoms with van der Waals surface area (Å²) in [6, 6.07) is 9.25. The van der Waals surface area contributed by atoms with E-state index in [1.54, 1.807) is 23.0 Å². The molecule has 16 heavy (non-hydrogen) atoms. The standard InChI is InChI=1S/C11H9N5/c12-9-2-1-3-10-14-11(15-16(9)10)8-4-6-13-7-5-8/h1-7H,12H2. The average molecular weight is 211 g/mol. The van der Waals surface area contributed by atoms with Crippen LogP contribution < -0.4 is 5.73 Å². The lowest BCUT2D eigenvalue weighted by molar-refractivity contribution is 0.978. The maximum Gasteiger partial charge on any atom is 0.182 e. The number of anilines is 1. The molecule has 0 saturated carbocycles. The summed E-state index contributed by atoms with van der Waals surface area (Å²) in [6.45, 7) is 0. The van der Waals surface area contributed by atoms with Gasteiger partial charge in [-0.05, 0) is 24.3 Å². The molecule has 78 valence electrons. The monoisotopic (exact) mass is 211 g/mol. The van der Waals surface area contributed by atoms with Gasteiger partial charge in [-0.2, -0.15) is 4.52 Å². The van der Waals surface area contributed by atoms with Crippen molar-refractivity contribution in [3.05, 3.63) is 42.7 Å². The van der Waals surface area contributed by atoms with E-state index < -0.39 is 0 Å². The third kappa shape index (κ3) is 1.30. The lowest BCUT2D eigenvalue weighted by Gasteiger charge is -1.94. The first-order valence-corrected chi connectivity index (χ1v) is 4.86. The van der Waals surface area contributed by atoms with E-state index in [-0.39, 0.29) is 0 Å². The highest BCUT2D eigenvalue weighted by Gasteiger charge is 2.06. The molecule has 0 aliphatic carbocycles. The minimum Gasteiger partial charge on any atom is -0.384 e. The summed E-state index contributed by atoms with van der Waals surface area (Å²) in [5, 5.41) is 4.34. The summed E-state index contributed by atoms with van der Waals surface area (Å²) in [7, 11) is 0. The second-order valence-corrected chi connectivity index (χ2v) is 3.39. The fraction of sp³-hybridized carbons (Fsp3) is 0. The lowest BCUT2D eigenvalue weighted by Crippen LogP contribution is -1.97. The molecule has 0 bridgehead atoms. The summed E-state index contributed by atoms with van der Waals surface area (Å²) in [5.74, 6) is 1.23. The number of nitrogen functional groups attached to an aromatic ring is 1. The van der Waals surface area contributed by atoms with Crippen molar-refractivity contribution in [2.24, 2.45) is 0 Å². The first-order valence-electron chi connectivity index (χ1n) is 4.86. The van der Waals surface area contributed by atoms with Gasteiger partial charge in [-0.3, -0.25) is 4.98 Å². The largest absolute Gasteiger partial charge is 0.384 e. The van der Waals surface area contributed by atoms with Crippen LogP contribution in [0.3, 0.4) is 0 Å². The van der Waals surface area contributed by atoms with Crippen molar-refractivity contribution >= 4 is 11.5 Å². The van der Waals surface area contributed by atoms with Gasteiger partial charge in [0.15, 0.2) is 11.5 Å². The van der Waals surface area contributed by atoms with Crippen molar-refractivity contribution in [2.45, 2.75) is 0 Å². The Morgan fingerprint density at radius 3 is 2.62 bits per heavy atom. The Hall–Kier alpha value is -2.43. The van der Waals surface area contributed by atoms with Crippen molar-refractivity contribution < 1.29 is 0 Å². The number of hydrogen-bond acceptors (Lipinski definition) is 4. The van der Waals surface area contributed by atoms with Crippen LogP contribution >= 0.6 is 0 Å². The first-order chi connectivity index (χ1) is 7.84. The van der Waals surface area contributed by atoms with Crippen molar-refractivity contribution in [3.63, 3.8) is 0 Å². The van der Waals surface area contributed by atoms with Crippen molar-refractivity contribution in [2.75, 3.05) is 5.73 Å². The van der Waals surface area contributed by atoms with Crippen LogP contribution in [0.4, 0.5) is 5.82 Å². The van der Waals surface area contributed by atoms with Crippen LogP contribution in [0.25, 0.3) is 17.0 Å². The smallest absolute Gasteiger partial charge is 0.182 e. The molecule has 0 atom stereocenters. The molecule has 3 rings (SSSR count). The van der Waals surface area contributed by atoms with Gasteiger partial charge in [-0.15, -0.1) is 5.10 Å². The molecule has 0 fully saturated rings. The quantitative estimate of drug-likeness (QED) is 0.660. The van der Waals surface area contributed by atoms with Gasteiger partial charge >= 0.3 is 0 Å². The molecule has 5 nitrogen and oxygen atoms in total. The van der Waals surface area contributed by atoms with Crippen LogP contribution in [0, 0.1) is 0 Å². The van der Waals surface area contributed by atoms with Crippen LogP contribution in [0.5, 0.6) is 0 Å². The van der Waals surface area contributed by atoms with E-state index in [0.29, 0.717) is 11.6 Å². The second-order valence-electron chi connectivity index (χ2n) is 3.39. The van der Waals surface area contributed by atoms with E-state index in [9.17, 15) is 0 Å². The molecular weight excluding hydrogens is 202 g/mol. The van der Waals surface area contributed by atoms with E-state index in [1.165, 1.54) is 0 Å². The maximum atomic E-state index is 5.80. The number of hydrogen-bond donors (Lipinski definition) is 1. The van der Waals surface area contributed by atoms with Crippen LogP contribution in [0.15, 0.2) is 42.7 Å². The fourth-order valence-corrected chi connectivity index (χ4v) is 1.55. The van der Waals surface area contributed by atoms with Crippen LogP contribution in [0.2, 0.25) is 0 Å². The molecule has 3 aromatic heterocycles. The number of fused-ring (bicyclic) bond motifs is 1. The Morgan fingerprint density at radius 1 is 1.06 bits per heavy atom. The lowest BCUT2D eigenvalue weighted by atomic mass is 10.3. The summed E-state index contributed by atoms with van der Waals surface area (Å²) in [6.07, 6.45) is 3.43. The zero-order valence-corrected chi connectivity index (χ0v) is 8.41. The molecular formula is C11H9N5. The molecule has 0 radical (unpaired) electrons. The Kier molecular flexibility index (Phi) is 1.83. The third-order valence-corrected chi connectivity index (χ3v) is 2.33. The van der Waals surface area contributed by atoms with Gasteiger partial charge in [-0.25, -0.2) is 4.98 Å². The van der Waals surface area contributed by atoms with Gasteiger partial charge in [0.05, 0.1) is 0 Å². The van der Waals surface area contributed by atoms with Crippen LogP contribution in [-0.2, 0) is 0 Å². The zero-order chi connectivity index (χ0) is 11.0. The normalized spacial score (nSPS) is 10.8. The minimum absolute atomic E-state index is 0.574. The van der Waals surface area contributed by atoms with E-state index >= 15 is 0 Å². The molecule has 0 saturated heterocycles. The number of nitrogens with two attached hydrogens (primary N) is 1. The fourth-order valence-electron chi connectivity index (χ4n) is 1.55. The van der Waals surface area contributed by atoms with Crippen LogP contribution in [0.1, 0.15) is 0 Å². The summed E-state index contributed by atoms with van der Waals surface area (Å²) >= 11 is 0. The Morgan fingerprint density at radius 2 is 1.88 bits per heavy atom. The highest BCUT2D eigenvalue weighted by Crippen LogP contribution is 2.16. The summed E-state index contributed by atoms with van der Waals surface area (Å²) < 4.78 is 1.62. The average Bonchev–Trinajstić information content (AvgIpc) is 2.76. The van der Waals surface area contributed by atoms with Gasteiger partial charge < -0.3 is 5.73 Å². The van der Waals surface area contributed by atoms with E-state index in [4.69, 9.17) is 5.73 Å². The molecule has 2 N–H and O–H groups in total. The van der Waals surface area contributed by atoms with Crippen molar-refractivity contribution in [1.29, 1.82) is 0 Å². The molecule has 3 heterocycles. The summed E-state index contributed by atoms with van der Waals surface area (Å²) in [4.78, 5) is 8.34. The van der Waals surface area contributed by atoms with E-state index in [1.807, 2.05) is 24.3 Å². The zero-order valence-electron chi connectivity index (χ0n) is 8.41. The number of rotatable bonds is 1. The topological polar surface area (TPSA) is 69.1 Å². The molecule has 0 amide bonds.